The van der Waals surface area contributed by atoms with E-state index in [0.717, 1.165) is 13.1 Å². The third-order valence-corrected chi connectivity index (χ3v) is 3.32. The summed E-state index contributed by atoms with van der Waals surface area (Å²) in [7, 11) is 0. The second-order valence-electron chi connectivity index (χ2n) is 4.85. The van der Waals surface area contributed by atoms with Crippen molar-refractivity contribution >= 4 is 17.8 Å². The summed E-state index contributed by atoms with van der Waals surface area (Å²) in [5.41, 5.74) is 6.94. The van der Waals surface area contributed by atoms with Gasteiger partial charge in [0.05, 0.1) is 0 Å². The number of hydrogen-bond acceptors (Lipinski definition) is 6. The van der Waals surface area contributed by atoms with Gasteiger partial charge in [-0.2, -0.15) is 15.0 Å². The Kier molecular flexibility index (Phi) is 3.62. The zero-order chi connectivity index (χ0) is 13.8. The van der Waals surface area contributed by atoms with E-state index in [1.807, 2.05) is 18.2 Å². The van der Waals surface area contributed by atoms with Crippen LogP contribution in [0.3, 0.4) is 0 Å². The van der Waals surface area contributed by atoms with Gasteiger partial charge < -0.3 is 16.0 Å². The predicted molar refractivity (Wildman–Crippen MR) is 79.5 cm³/mol. The molecule has 0 unspecified atom stereocenters. The molecule has 1 aliphatic heterocycles. The quantitative estimate of drug-likeness (QED) is 0.879. The predicted octanol–water partition coefficient (Wildman–Crippen LogP) is 1.67. The highest BCUT2D eigenvalue weighted by molar-refractivity contribution is 5.42. The normalized spacial score (nSPS) is 14.5. The number of nitrogens with zero attached hydrogens (tertiary/aromatic N) is 4. The van der Waals surface area contributed by atoms with Crippen molar-refractivity contribution in [2.24, 2.45) is 0 Å². The van der Waals surface area contributed by atoms with E-state index in [1.165, 1.54) is 18.4 Å². The maximum atomic E-state index is 5.77. The summed E-state index contributed by atoms with van der Waals surface area (Å²) >= 11 is 0. The fourth-order valence-electron chi connectivity index (χ4n) is 2.30. The van der Waals surface area contributed by atoms with E-state index < -0.39 is 0 Å². The van der Waals surface area contributed by atoms with Crippen molar-refractivity contribution in [2.75, 3.05) is 29.0 Å². The minimum atomic E-state index is 0.262. The van der Waals surface area contributed by atoms with Crippen molar-refractivity contribution < 1.29 is 0 Å². The third kappa shape index (κ3) is 2.96. The molecule has 0 spiro atoms. The highest BCUT2D eigenvalue weighted by Gasteiger charge is 2.16. The highest BCUT2D eigenvalue weighted by atomic mass is 15.3. The van der Waals surface area contributed by atoms with Crippen molar-refractivity contribution in [3.8, 4) is 0 Å². The van der Waals surface area contributed by atoms with Crippen molar-refractivity contribution in [1.82, 2.24) is 15.0 Å². The van der Waals surface area contributed by atoms with Gasteiger partial charge in [-0.3, -0.25) is 0 Å². The lowest BCUT2D eigenvalue weighted by Gasteiger charge is -2.16. The Morgan fingerprint density at radius 3 is 2.55 bits per heavy atom. The SMILES string of the molecule is Nc1nc(NCc2ccccc2)nc(N2CCCC2)n1. The molecule has 0 amide bonds. The fourth-order valence-corrected chi connectivity index (χ4v) is 2.30. The molecule has 6 heteroatoms. The molecule has 2 heterocycles. The van der Waals surface area contributed by atoms with Gasteiger partial charge in [-0.05, 0) is 18.4 Å². The van der Waals surface area contributed by atoms with Crippen LogP contribution in [0.5, 0.6) is 0 Å². The van der Waals surface area contributed by atoms with Crippen LogP contribution in [0, 0.1) is 0 Å². The first-order valence-corrected chi connectivity index (χ1v) is 6.85. The van der Waals surface area contributed by atoms with Crippen LogP contribution < -0.4 is 16.0 Å². The van der Waals surface area contributed by atoms with Gasteiger partial charge in [-0.25, -0.2) is 0 Å². The number of nitrogen functional groups attached to an aromatic ring is 1. The molecule has 0 aliphatic carbocycles. The molecule has 0 radical (unpaired) electrons. The van der Waals surface area contributed by atoms with E-state index >= 15 is 0 Å². The molecule has 20 heavy (non-hydrogen) atoms. The Hall–Kier alpha value is -2.37. The van der Waals surface area contributed by atoms with E-state index in [0.29, 0.717) is 18.4 Å². The Balaban J connectivity index is 1.72. The number of benzene rings is 1. The molecular formula is C14H18N6. The maximum Gasteiger partial charge on any atom is 0.231 e. The van der Waals surface area contributed by atoms with E-state index in [9.17, 15) is 0 Å². The number of aromatic nitrogens is 3. The Morgan fingerprint density at radius 2 is 1.80 bits per heavy atom. The molecule has 0 atom stereocenters. The van der Waals surface area contributed by atoms with E-state index in [-0.39, 0.29) is 5.95 Å². The number of hydrogen-bond donors (Lipinski definition) is 2. The highest BCUT2D eigenvalue weighted by Crippen LogP contribution is 2.17. The second-order valence-corrected chi connectivity index (χ2v) is 4.85. The summed E-state index contributed by atoms with van der Waals surface area (Å²) in [6.45, 7) is 2.65. The molecule has 3 N–H and O–H groups in total. The topological polar surface area (TPSA) is 80.0 Å². The van der Waals surface area contributed by atoms with Gasteiger partial charge in [0.15, 0.2) is 0 Å². The van der Waals surface area contributed by atoms with E-state index in [2.05, 4.69) is 37.3 Å². The van der Waals surface area contributed by atoms with Crippen LogP contribution >= 0.6 is 0 Å². The lowest BCUT2D eigenvalue weighted by molar-refractivity contribution is 0.881. The molecule has 1 saturated heterocycles. The number of anilines is 3. The average Bonchev–Trinajstić information content (AvgIpc) is 3.00. The third-order valence-electron chi connectivity index (χ3n) is 3.32. The van der Waals surface area contributed by atoms with Gasteiger partial charge >= 0.3 is 0 Å². The average molecular weight is 270 g/mol. The zero-order valence-corrected chi connectivity index (χ0v) is 11.3. The Morgan fingerprint density at radius 1 is 1.05 bits per heavy atom. The molecular weight excluding hydrogens is 252 g/mol. The van der Waals surface area contributed by atoms with Gasteiger partial charge in [-0.1, -0.05) is 30.3 Å². The number of nitrogens with two attached hydrogens (primary N) is 1. The van der Waals surface area contributed by atoms with Crippen LogP contribution in [-0.2, 0) is 6.54 Å². The smallest absolute Gasteiger partial charge is 0.231 e. The lowest BCUT2D eigenvalue weighted by atomic mass is 10.2. The first-order valence-electron chi connectivity index (χ1n) is 6.85. The van der Waals surface area contributed by atoms with Crippen LogP contribution in [0.2, 0.25) is 0 Å². The van der Waals surface area contributed by atoms with Crippen molar-refractivity contribution in [2.45, 2.75) is 19.4 Å². The van der Waals surface area contributed by atoms with Crippen LogP contribution in [0.1, 0.15) is 18.4 Å². The molecule has 1 aromatic carbocycles. The Bertz CT molecular complexity index is 565. The summed E-state index contributed by atoms with van der Waals surface area (Å²) in [6.07, 6.45) is 2.36. The molecule has 2 aromatic rings. The van der Waals surface area contributed by atoms with Crippen molar-refractivity contribution in [3.05, 3.63) is 35.9 Å². The van der Waals surface area contributed by atoms with Crippen LogP contribution in [0.15, 0.2) is 30.3 Å². The minimum absolute atomic E-state index is 0.262. The summed E-state index contributed by atoms with van der Waals surface area (Å²) in [5, 5.41) is 3.20. The van der Waals surface area contributed by atoms with Crippen LogP contribution in [0.4, 0.5) is 17.8 Å². The fraction of sp³-hybridized carbons (Fsp3) is 0.357. The summed E-state index contributed by atoms with van der Waals surface area (Å²) < 4.78 is 0. The summed E-state index contributed by atoms with van der Waals surface area (Å²) in [5.74, 6) is 1.46. The van der Waals surface area contributed by atoms with Crippen LogP contribution in [-0.4, -0.2) is 28.0 Å². The molecule has 0 saturated carbocycles. The molecule has 104 valence electrons. The minimum Gasteiger partial charge on any atom is -0.368 e. The molecule has 1 aromatic heterocycles. The lowest BCUT2D eigenvalue weighted by Crippen LogP contribution is -2.22. The standard InChI is InChI=1S/C14H18N6/c15-12-17-13(16-10-11-6-2-1-3-7-11)19-14(18-12)20-8-4-5-9-20/h1-3,6-7H,4-5,8-10H2,(H3,15,16,17,18,19). The molecule has 1 fully saturated rings. The number of rotatable bonds is 4. The van der Waals surface area contributed by atoms with Gasteiger partial charge in [0.25, 0.3) is 0 Å². The number of nitrogens with one attached hydrogen (secondary N) is 1. The zero-order valence-electron chi connectivity index (χ0n) is 11.3. The summed E-state index contributed by atoms with van der Waals surface area (Å²) in [4.78, 5) is 14.9. The maximum absolute atomic E-state index is 5.77. The largest absolute Gasteiger partial charge is 0.368 e. The van der Waals surface area contributed by atoms with E-state index in [4.69, 9.17) is 5.73 Å². The van der Waals surface area contributed by atoms with Gasteiger partial charge in [0.1, 0.15) is 0 Å². The van der Waals surface area contributed by atoms with Crippen molar-refractivity contribution in [1.29, 1.82) is 0 Å². The van der Waals surface area contributed by atoms with E-state index in [1.54, 1.807) is 0 Å². The molecule has 0 bridgehead atoms. The van der Waals surface area contributed by atoms with Crippen molar-refractivity contribution in [3.63, 3.8) is 0 Å². The first-order chi connectivity index (χ1) is 9.81. The van der Waals surface area contributed by atoms with Gasteiger partial charge in [0, 0.05) is 19.6 Å². The Labute approximate surface area is 118 Å². The monoisotopic (exact) mass is 270 g/mol. The molecule has 1 aliphatic rings. The molecule has 3 rings (SSSR count). The van der Waals surface area contributed by atoms with Crippen LogP contribution in [0.25, 0.3) is 0 Å². The first kappa shape index (κ1) is 12.7. The second kappa shape index (κ2) is 5.73. The van der Waals surface area contributed by atoms with Gasteiger partial charge in [-0.15, -0.1) is 0 Å². The summed E-state index contributed by atoms with van der Waals surface area (Å²) in [6, 6.07) is 10.1. The molecule has 6 nitrogen and oxygen atoms in total. The van der Waals surface area contributed by atoms with Gasteiger partial charge in [0.2, 0.25) is 17.8 Å².